The number of amides is 1. The van der Waals surface area contributed by atoms with Crippen molar-refractivity contribution >= 4 is 23.4 Å². The van der Waals surface area contributed by atoms with Crippen molar-refractivity contribution < 1.29 is 18.7 Å². The smallest absolute Gasteiger partial charge is 0.234 e. The minimum atomic E-state index is -0.165. The summed E-state index contributed by atoms with van der Waals surface area (Å²) in [6, 6.07) is 12.7. The van der Waals surface area contributed by atoms with Crippen molar-refractivity contribution in [2.24, 2.45) is 0 Å². The molecule has 0 radical (unpaired) electrons. The maximum Gasteiger partial charge on any atom is 0.234 e. The minimum Gasteiger partial charge on any atom is -0.467 e. The van der Waals surface area contributed by atoms with E-state index in [0.717, 1.165) is 11.3 Å². The molecule has 1 aliphatic heterocycles. The number of pyridine rings is 1. The van der Waals surface area contributed by atoms with Crippen molar-refractivity contribution in [1.29, 1.82) is 0 Å². The highest BCUT2D eigenvalue weighted by molar-refractivity contribution is 7.99. The topological polar surface area (TPSA) is 104 Å². The van der Waals surface area contributed by atoms with Gasteiger partial charge in [0.05, 0.1) is 18.6 Å². The van der Waals surface area contributed by atoms with E-state index in [2.05, 4.69) is 20.5 Å². The molecule has 31 heavy (non-hydrogen) atoms. The highest BCUT2D eigenvalue weighted by Gasteiger charge is 2.18. The van der Waals surface area contributed by atoms with Gasteiger partial charge >= 0.3 is 0 Å². The summed E-state index contributed by atoms with van der Waals surface area (Å²) in [6.07, 6.45) is 5.02. The number of aromatic nitrogens is 4. The van der Waals surface area contributed by atoms with Gasteiger partial charge in [0.15, 0.2) is 22.5 Å². The molecule has 1 N–H and O–H groups in total. The Morgan fingerprint density at radius 1 is 1.10 bits per heavy atom. The van der Waals surface area contributed by atoms with Gasteiger partial charge in [0.25, 0.3) is 0 Å². The first-order valence-electron chi connectivity index (χ1n) is 9.44. The van der Waals surface area contributed by atoms with E-state index in [-0.39, 0.29) is 18.5 Å². The zero-order valence-corrected chi connectivity index (χ0v) is 17.0. The molecule has 1 aliphatic rings. The van der Waals surface area contributed by atoms with Crippen molar-refractivity contribution in [3.63, 3.8) is 0 Å². The van der Waals surface area contributed by atoms with Crippen LogP contribution in [0.15, 0.2) is 70.7 Å². The fraction of sp³-hybridized carbons (Fsp3) is 0.143. The van der Waals surface area contributed by atoms with Gasteiger partial charge in [0.2, 0.25) is 12.7 Å². The predicted molar refractivity (Wildman–Crippen MR) is 113 cm³/mol. The van der Waals surface area contributed by atoms with Gasteiger partial charge in [0, 0.05) is 29.7 Å². The lowest BCUT2D eigenvalue weighted by atomic mass is 10.2. The molecule has 0 saturated carbocycles. The molecule has 0 fully saturated rings. The molecule has 1 amide bonds. The van der Waals surface area contributed by atoms with Gasteiger partial charge in [-0.05, 0) is 36.4 Å². The lowest BCUT2D eigenvalue weighted by molar-refractivity contribution is -0.113. The number of nitrogens with zero attached hydrogens (tertiary/aromatic N) is 4. The van der Waals surface area contributed by atoms with Gasteiger partial charge in [-0.15, -0.1) is 10.2 Å². The number of rotatable bonds is 7. The molecule has 5 rings (SSSR count). The average molecular weight is 435 g/mol. The van der Waals surface area contributed by atoms with E-state index in [1.807, 2.05) is 28.8 Å². The lowest BCUT2D eigenvalue weighted by Crippen LogP contribution is -2.14. The van der Waals surface area contributed by atoms with E-state index in [9.17, 15) is 4.79 Å². The van der Waals surface area contributed by atoms with Crippen LogP contribution >= 0.6 is 11.8 Å². The third-order valence-corrected chi connectivity index (χ3v) is 5.50. The Balaban J connectivity index is 1.31. The quantitative estimate of drug-likeness (QED) is 0.440. The largest absolute Gasteiger partial charge is 0.467 e. The number of benzene rings is 1. The number of nitrogens with one attached hydrogen (secondary N) is 1. The summed E-state index contributed by atoms with van der Waals surface area (Å²) in [5.74, 6) is 2.73. The first-order valence-corrected chi connectivity index (χ1v) is 10.4. The molecule has 0 aliphatic carbocycles. The highest BCUT2D eigenvalue weighted by atomic mass is 32.2. The van der Waals surface area contributed by atoms with E-state index in [1.165, 1.54) is 11.8 Å². The fourth-order valence-corrected chi connectivity index (χ4v) is 3.85. The van der Waals surface area contributed by atoms with Crippen molar-refractivity contribution in [2.75, 3.05) is 17.9 Å². The van der Waals surface area contributed by atoms with Gasteiger partial charge < -0.3 is 19.2 Å². The summed E-state index contributed by atoms with van der Waals surface area (Å²) in [6.45, 7) is 0.636. The molecule has 0 unspecified atom stereocenters. The van der Waals surface area contributed by atoms with Crippen LogP contribution in [-0.4, -0.2) is 38.2 Å². The van der Waals surface area contributed by atoms with E-state index in [4.69, 9.17) is 13.9 Å². The number of fused-ring (bicyclic) bond motifs is 1. The van der Waals surface area contributed by atoms with Gasteiger partial charge in [0.1, 0.15) is 5.76 Å². The second-order valence-electron chi connectivity index (χ2n) is 6.61. The maximum atomic E-state index is 12.5. The Bertz CT molecular complexity index is 1190. The number of thioether (sulfide) groups is 1. The SMILES string of the molecule is O=C(CSc1nnc(-c2ccncc2)n1Cc1ccco1)Nc1ccc2c(c1)OCO2. The van der Waals surface area contributed by atoms with Crippen LogP contribution in [0.2, 0.25) is 0 Å². The van der Waals surface area contributed by atoms with Gasteiger partial charge in [-0.3, -0.25) is 14.3 Å². The van der Waals surface area contributed by atoms with Crippen LogP contribution in [0.1, 0.15) is 5.76 Å². The first-order chi connectivity index (χ1) is 15.3. The van der Waals surface area contributed by atoms with Crippen LogP contribution in [0.25, 0.3) is 11.4 Å². The van der Waals surface area contributed by atoms with Gasteiger partial charge in [-0.25, -0.2) is 0 Å². The molecule has 4 heterocycles. The average Bonchev–Trinajstić information content (AvgIpc) is 3.54. The second-order valence-corrected chi connectivity index (χ2v) is 7.55. The Kier molecular flexibility index (Phi) is 5.28. The third kappa shape index (κ3) is 4.24. The molecule has 9 nitrogen and oxygen atoms in total. The zero-order valence-electron chi connectivity index (χ0n) is 16.2. The maximum absolute atomic E-state index is 12.5. The lowest BCUT2D eigenvalue weighted by Gasteiger charge is -2.09. The predicted octanol–water partition coefficient (Wildman–Crippen LogP) is 3.44. The Hall–Kier alpha value is -3.79. The zero-order chi connectivity index (χ0) is 21.0. The van der Waals surface area contributed by atoms with Crippen molar-refractivity contribution in [3.8, 4) is 22.9 Å². The van der Waals surface area contributed by atoms with Crippen LogP contribution in [0, 0.1) is 0 Å². The van der Waals surface area contributed by atoms with Crippen LogP contribution in [0.4, 0.5) is 5.69 Å². The van der Waals surface area contributed by atoms with Crippen LogP contribution < -0.4 is 14.8 Å². The third-order valence-electron chi connectivity index (χ3n) is 4.54. The molecule has 0 bridgehead atoms. The fourth-order valence-electron chi connectivity index (χ4n) is 3.11. The normalized spacial score (nSPS) is 12.1. The standard InChI is InChI=1S/C21H17N5O4S/c27-19(23-15-3-4-17-18(10-15)30-13-29-17)12-31-21-25-24-20(14-5-7-22-8-6-14)26(21)11-16-2-1-9-28-16/h1-10H,11-13H2,(H,23,27). The molecule has 4 aromatic rings. The summed E-state index contributed by atoms with van der Waals surface area (Å²) in [5, 5.41) is 12.1. The van der Waals surface area contributed by atoms with Crippen LogP contribution in [0.5, 0.6) is 11.5 Å². The minimum absolute atomic E-state index is 0.165. The molecule has 0 saturated heterocycles. The molecule has 10 heteroatoms. The van der Waals surface area contributed by atoms with E-state index < -0.39 is 0 Å². The summed E-state index contributed by atoms with van der Waals surface area (Å²) in [4.78, 5) is 16.6. The number of furan rings is 1. The summed E-state index contributed by atoms with van der Waals surface area (Å²) >= 11 is 1.30. The molecule has 0 spiro atoms. The van der Waals surface area contributed by atoms with E-state index >= 15 is 0 Å². The molecular formula is C21H17N5O4S. The van der Waals surface area contributed by atoms with Gasteiger partial charge in [-0.2, -0.15) is 0 Å². The van der Waals surface area contributed by atoms with E-state index in [1.54, 1.807) is 36.9 Å². The molecule has 1 aromatic carbocycles. The molecule has 3 aromatic heterocycles. The van der Waals surface area contributed by atoms with Crippen molar-refractivity contribution in [1.82, 2.24) is 19.7 Å². The highest BCUT2D eigenvalue weighted by Crippen LogP contribution is 2.34. The summed E-state index contributed by atoms with van der Waals surface area (Å²) < 4.78 is 18.1. The Labute approximate surface area is 181 Å². The summed E-state index contributed by atoms with van der Waals surface area (Å²) in [5.41, 5.74) is 1.52. The number of carbonyl (C=O) groups is 1. The van der Waals surface area contributed by atoms with Gasteiger partial charge in [-0.1, -0.05) is 11.8 Å². The second kappa shape index (κ2) is 8.52. The Morgan fingerprint density at radius 3 is 2.81 bits per heavy atom. The number of carbonyl (C=O) groups excluding carboxylic acids is 1. The summed E-state index contributed by atoms with van der Waals surface area (Å²) in [7, 11) is 0. The number of ether oxygens (including phenoxy) is 2. The number of hydrogen-bond acceptors (Lipinski definition) is 8. The number of anilines is 1. The first kappa shape index (κ1) is 19.2. The molecular weight excluding hydrogens is 418 g/mol. The van der Waals surface area contributed by atoms with E-state index in [0.29, 0.717) is 34.7 Å². The molecule has 156 valence electrons. The monoisotopic (exact) mass is 435 g/mol. The van der Waals surface area contributed by atoms with Crippen LogP contribution in [0.3, 0.4) is 0 Å². The van der Waals surface area contributed by atoms with Crippen molar-refractivity contribution in [3.05, 3.63) is 66.9 Å². The number of hydrogen-bond donors (Lipinski definition) is 1. The Morgan fingerprint density at radius 2 is 1.97 bits per heavy atom. The molecule has 0 atom stereocenters. The van der Waals surface area contributed by atoms with Crippen molar-refractivity contribution in [2.45, 2.75) is 11.7 Å². The van der Waals surface area contributed by atoms with Crippen LogP contribution in [-0.2, 0) is 11.3 Å².